The summed E-state index contributed by atoms with van der Waals surface area (Å²) in [5.74, 6) is 0.721. The first-order valence-corrected chi connectivity index (χ1v) is 18.6. The quantitative estimate of drug-likeness (QED) is 0.186. The molecule has 2 heterocycles. The SMILES string of the molecule is c1ccc(-c2cc(-c3ccc4c(c3)C3(c5ccccc5-4)c4ccc5ccccc5c4Sc4c3ccc3ccccc43)nc(-c3ccccc3)n2)cc1. The van der Waals surface area contributed by atoms with Gasteiger partial charge in [0.05, 0.1) is 16.8 Å². The maximum absolute atomic E-state index is 5.26. The number of nitrogens with zero attached hydrogens (tertiary/aromatic N) is 2. The zero-order valence-electron chi connectivity index (χ0n) is 28.1. The lowest BCUT2D eigenvalue weighted by Gasteiger charge is -2.40. The van der Waals surface area contributed by atoms with Crippen LogP contribution in [0.4, 0.5) is 0 Å². The summed E-state index contributed by atoms with van der Waals surface area (Å²) in [6, 6.07) is 66.0. The molecule has 1 aliphatic heterocycles. The molecule has 0 N–H and O–H groups in total. The second-order valence-corrected chi connectivity index (χ2v) is 14.7. The molecule has 0 saturated carbocycles. The van der Waals surface area contributed by atoms with Crippen molar-refractivity contribution in [2.45, 2.75) is 15.2 Å². The summed E-state index contributed by atoms with van der Waals surface area (Å²) in [7, 11) is 0. The molecule has 52 heavy (non-hydrogen) atoms. The van der Waals surface area contributed by atoms with E-state index in [1.165, 1.54) is 64.7 Å². The van der Waals surface area contributed by atoms with Crippen LogP contribution in [0.15, 0.2) is 192 Å². The normalized spacial score (nSPS) is 13.5. The zero-order valence-corrected chi connectivity index (χ0v) is 28.9. The Hall–Kier alpha value is -6.29. The molecule has 2 aliphatic rings. The number of benzene rings is 8. The van der Waals surface area contributed by atoms with Crippen molar-refractivity contribution in [1.82, 2.24) is 9.97 Å². The first-order valence-electron chi connectivity index (χ1n) is 17.7. The van der Waals surface area contributed by atoms with E-state index in [0.717, 1.165) is 33.9 Å². The van der Waals surface area contributed by atoms with Gasteiger partial charge in [-0.3, -0.25) is 0 Å². The van der Waals surface area contributed by atoms with Crippen LogP contribution < -0.4 is 0 Å². The van der Waals surface area contributed by atoms with E-state index in [4.69, 9.17) is 9.97 Å². The molecule has 1 aliphatic carbocycles. The Morgan fingerprint density at radius 2 is 0.904 bits per heavy atom. The van der Waals surface area contributed by atoms with Crippen LogP contribution in [0.2, 0.25) is 0 Å². The summed E-state index contributed by atoms with van der Waals surface area (Å²) < 4.78 is 0. The van der Waals surface area contributed by atoms with Crippen LogP contribution in [-0.2, 0) is 5.41 Å². The molecule has 9 aromatic rings. The Kier molecular flexibility index (Phi) is 6.43. The standard InChI is InChI=1S/C49H30N2S/c1-3-15-33(16-4-1)44-30-45(51-48(50-44)34-17-5-2-6-18-34)35-23-26-39-38-21-11-12-22-40(38)49(43(39)29-35)41-27-24-31-13-7-9-19-36(31)46(41)52-47-37-20-10-8-14-32(37)25-28-42(47)49/h1-30H. The molecular weight excluding hydrogens is 649 g/mol. The third kappa shape index (κ3) is 4.20. The van der Waals surface area contributed by atoms with E-state index in [0.29, 0.717) is 0 Å². The minimum absolute atomic E-state index is 0.524. The number of hydrogen-bond acceptors (Lipinski definition) is 3. The highest BCUT2D eigenvalue weighted by atomic mass is 32.2. The molecule has 0 saturated heterocycles. The van der Waals surface area contributed by atoms with Crippen molar-refractivity contribution in [3.8, 4) is 45.0 Å². The lowest BCUT2D eigenvalue weighted by atomic mass is 9.66. The average Bonchev–Trinajstić information content (AvgIpc) is 3.51. The molecule has 8 aromatic carbocycles. The minimum Gasteiger partial charge on any atom is -0.228 e. The zero-order chi connectivity index (χ0) is 34.2. The number of hydrogen-bond donors (Lipinski definition) is 0. The van der Waals surface area contributed by atoms with E-state index >= 15 is 0 Å². The maximum Gasteiger partial charge on any atom is 0.160 e. The Bertz CT molecular complexity index is 2740. The first kappa shape index (κ1) is 29.4. The molecule has 242 valence electrons. The predicted octanol–water partition coefficient (Wildman–Crippen LogP) is 12.6. The molecule has 0 bridgehead atoms. The second-order valence-electron chi connectivity index (χ2n) is 13.7. The van der Waals surface area contributed by atoms with Crippen LogP contribution in [0, 0.1) is 0 Å². The van der Waals surface area contributed by atoms with E-state index in [1.54, 1.807) is 0 Å². The fourth-order valence-electron chi connectivity index (χ4n) is 8.63. The fraction of sp³-hybridized carbons (Fsp3) is 0.0204. The smallest absolute Gasteiger partial charge is 0.160 e. The van der Waals surface area contributed by atoms with Gasteiger partial charge in [0.1, 0.15) is 0 Å². The van der Waals surface area contributed by atoms with Crippen molar-refractivity contribution >= 4 is 33.3 Å². The van der Waals surface area contributed by atoms with Gasteiger partial charge in [-0.05, 0) is 67.1 Å². The highest BCUT2D eigenvalue weighted by Gasteiger charge is 2.51. The Morgan fingerprint density at radius 1 is 0.365 bits per heavy atom. The van der Waals surface area contributed by atoms with Crippen LogP contribution in [0.3, 0.4) is 0 Å². The minimum atomic E-state index is -0.524. The number of rotatable bonds is 3. The lowest BCUT2D eigenvalue weighted by Crippen LogP contribution is -2.32. The van der Waals surface area contributed by atoms with Crippen molar-refractivity contribution in [3.05, 3.63) is 204 Å². The lowest BCUT2D eigenvalue weighted by molar-refractivity contribution is 0.729. The van der Waals surface area contributed by atoms with Gasteiger partial charge in [0.25, 0.3) is 0 Å². The number of aromatic nitrogens is 2. The van der Waals surface area contributed by atoms with Crippen LogP contribution >= 0.6 is 11.8 Å². The Labute approximate surface area is 306 Å². The third-order valence-corrected chi connectivity index (χ3v) is 12.2. The van der Waals surface area contributed by atoms with Crippen molar-refractivity contribution in [2.75, 3.05) is 0 Å². The molecule has 1 spiro atoms. The van der Waals surface area contributed by atoms with Gasteiger partial charge in [0.15, 0.2) is 5.82 Å². The molecule has 0 amide bonds. The van der Waals surface area contributed by atoms with E-state index < -0.39 is 5.41 Å². The summed E-state index contributed by atoms with van der Waals surface area (Å²) in [6.45, 7) is 0. The van der Waals surface area contributed by atoms with E-state index in [-0.39, 0.29) is 0 Å². The first-order chi connectivity index (χ1) is 25.8. The molecule has 0 unspecified atom stereocenters. The van der Waals surface area contributed by atoms with Gasteiger partial charge < -0.3 is 0 Å². The van der Waals surface area contributed by atoms with Crippen LogP contribution in [-0.4, -0.2) is 9.97 Å². The van der Waals surface area contributed by atoms with Gasteiger partial charge in [-0.2, -0.15) is 0 Å². The Balaban J connectivity index is 1.24. The van der Waals surface area contributed by atoms with E-state index in [9.17, 15) is 0 Å². The van der Waals surface area contributed by atoms with Crippen molar-refractivity contribution in [1.29, 1.82) is 0 Å². The fourth-order valence-corrected chi connectivity index (χ4v) is 10.1. The van der Waals surface area contributed by atoms with Crippen molar-refractivity contribution < 1.29 is 0 Å². The van der Waals surface area contributed by atoms with Crippen LogP contribution in [0.25, 0.3) is 66.6 Å². The third-order valence-electron chi connectivity index (χ3n) is 10.9. The van der Waals surface area contributed by atoms with Gasteiger partial charge in [0, 0.05) is 26.5 Å². The van der Waals surface area contributed by atoms with E-state index in [1.807, 2.05) is 36.0 Å². The topological polar surface area (TPSA) is 25.8 Å². The molecule has 11 rings (SSSR count). The maximum atomic E-state index is 5.26. The average molecular weight is 679 g/mol. The molecule has 3 heteroatoms. The number of fused-ring (bicyclic) bond motifs is 13. The van der Waals surface area contributed by atoms with E-state index in [2.05, 4.69) is 158 Å². The Morgan fingerprint density at radius 3 is 1.58 bits per heavy atom. The summed E-state index contributed by atoms with van der Waals surface area (Å²) in [6.07, 6.45) is 0. The summed E-state index contributed by atoms with van der Waals surface area (Å²) >= 11 is 1.93. The van der Waals surface area contributed by atoms with Gasteiger partial charge in [-0.15, -0.1) is 0 Å². The van der Waals surface area contributed by atoms with Crippen molar-refractivity contribution in [3.63, 3.8) is 0 Å². The van der Waals surface area contributed by atoms with Gasteiger partial charge in [0.2, 0.25) is 0 Å². The van der Waals surface area contributed by atoms with Crippen LogP contribution in [0.1, 0.15) is 22.3 Å². The molecule has 0 radical (unpaired) electrons. The predicted molar refractivity (Wildman–Crippen MR) is 215 cm³/mol. The highest BCUT2D eigenvalue weighted by Crippen LogP contribution is 2.64. The summed E-state index contributed by atoms with van der Waals surface area (Å²) in [4.78, 5) is 13.0. The van der Waals surface area contributed by atoms with Gasteiger partial charge in [-0.25, -0.2) is 9.97 Å². The summed E-state index contributed by atoms with van der Waals surface area (Å²) in [5.41, 5.74) is 12.3. The largest absolute Gasteiger partial charge is 0.228 e. The molecular formula is C49H30N2S. The highest BCUT2D eigenvalue weighted by molar-refractivity contribution is 8.00. The van der Waals surface area contributed by atoms with Gasteiger partial charge in [-0.1, -0.05) is 182 Å². The summed E-state index contributed by atoms with van der Waals surface area (Å²) in [5, 5.41) is 5.10. The molecule has 0 atom stereocenters. The second kappa shape index (κ2) is 11.4. The monoisotopic (exact) mass is 678 g/mol. The van der Waals surface area contributed by atoms with Crippen LogP contribution in [0.5, 0.6) is 0 Å². The molecule has 2 nitrogen and oxygen atoms in total. The van der Waals surface area contributed by atoms with Crippen molar-refractivity contribution in [2.24, 2.45) is 0 Å². The molecule has 1 aromatic heterocycles. The molecule has 0 fully saturated rings. The van der Waals surface area contributed by atoms with Gasteiger partial charge >= 0.3 is 0 Å².